The van der Waals surface area contributed by atoms with E-state index in [1.165, 1.54) is 24.1 Å². The Kier molecular flexibility index (Phi) is 4.70. The largest absolute Gasteiger partial charge is 0.396 e. The number of nitrogen functional groups attached to an aromatic ring is 1. The van der Waals surface area contributed by atoms with Crippen molar-refractivity contribution in [3.8, 4) is 0 Å². The van der Waals surface area contributed by atoms with E-state index in [4.69, 9.17) is 5.73 Å². The molecule has 5 nitrogen and oxygen atoms in total. The maximum Gasteiger partial charge on any atom is 0.254 e. The number of rotatable bonds is 3. The number of anilines is 1. The van der Waals surface area contributed by atoms with Crippen molar-refractivity contribution in [1.82, 2.24) is 10.2 Å². The number of nitrogens with one attached hydrogen (secondary N) is 1. The van der Waals surface area contributed by atoms with Crippen molar-refractivity contribution < 1.29 is 14.0 Å². The zero-order chi connectivity index (χ0) is 15.5. The van der Waals surface area contributed by atoms with Crippen LogP contribution in [0, 0.1) is 5.82 Å². The molecule has 0 aliphatic heterocycles. The Balaban J connectivity index is 2.72. The molecule has 0 heterocycles. The van der Waals surface area contributed by atoms with Gasteiger partial charge in [0.1, 0.15) is 5.82 Å². The highest BCUT2D eigenvalue weighted by Gasteiger charge is 2.19. The number of likely N-dealkylation sites (N-methyl/N-ethyl adjacent to an activating group) is 1. The fraction of sp³-hybridized carbons (Fsp3) is 0.429. The molecule has 0 atom stereocenters. The first-order valence-corrected chi connectivity index (χ1v) is 6.21. The third-order valence-corrected chi connectivity index (χ3v) is 2.49. The number of nitrogens with two attached hydrogens (primary N) is 1. The molecule has 0 radical (unpaired) electrons. The van der Waals surface area contributed by atoms with Crippen LogP contribution in [0.2, 0.25) is 0 Å². The van der Waals surface area contributed by atoms with Crippen LogP contribution < -0.4 is 11.1 Å². The second-order valence-corrected chi connectivity index (χ2v) is 5.70. The minimum absolute atomic E-state index is 0.0188. The van der Waals surface area contributed by atoms with Crippen LogP contribution in [-0.2, 0) is 4.79 Å². The Morgan fingerprint density at radius 3 is 2.45 bits per heavy atom. The molecule has 0 aromatic heterocycles. The van der Waals surface area contributed by atoms with Crippen LogP contribution in [-0.4, -0.2) is 35.8 Å². The first-order chi connectivity index (χ1) is 9.10. The van der Waals surface area contributed by atoms with E-state index in [2.05, 4.69) is 5.32 Å². The average Bonchev–Trinajstić information content (AvgIpc) is 2.29. The van der Waals surface area contributed by atoms with E-state index in [9.17, 15) is 14.0 Å². The minimum Gasteiger partial charge on any atom is -0.396 e. The van der Waals surface area contributed by atoms with Gasteiger partial charge in [-0.3, -0.25) is 9.59 Å². The Morgan fingerprint density at radius 1 is 1.35 bits per heavy atom. The monoisotopic (exact) mass is 281 g/mol. The number of nitrogens with zero attached hydrogens (tertiary/aromatic N) is 1. The van der Waals surface area contributed by atoms with E-state index in [-0.39, 0.29) is 29.2 Å². The zero-order valence-corrected chi connectivity index (χ0v) is 12.2. The maximum absolute atomic E-state index is 13.3. The number of hydrogen-bond donors (Lipinski definition) is 2. The fourth-order valence-corrected chi connectivity index (χ4v) is 1.63. The van der Waals surface area contributed by atoms with Crippen LogP contribution >= 0.6 is 0 Å². The summed E-state index contributed by atoms with van der Waals surface area (Å²) in [6.07, 6.45) is 0. The van der Waals surface area contributed by atoms with Crippen molar-refractivity contribution in [2.45, 2.75) is 26.3 Å². The predicted molar refractivity (Wildman–Crippen MR) is 75.7 cm³/mol. The van der Waals surface area contributed by atoms with E-state index in [1.54, 1.807) is 0 Å². The highest BCUT2D eigenvalue weighted by Crippen LogP contribution is 2.13. The van der Waals surface area contributed by atoms with E-state index >= 15 is 0 Å². The average molecular weight is 281 g/mol. The topological polar surface area (TPSA) is 75.4 Å². The van der Waals surface area contributed by atoms with Gasteiger partial charge in [-0.15, -0.1) is 0 Å². The van der Waals surface area contributed by atoms with Gasteiger partial charge in [0.2, 0.25) is 5.91 Å². The molecule has 3 N–H and O–H groups in total. The fourth-order valence-electron chi connectivity index (χ4n) is 1.63. The van der Waals surface area contributed by atoms with Crippen LogP contribution in [0.15, 0.2) is 18.2 Å². The van der Waals surface area contributed by atoms with Crippen LogP contribution in [0.1, 0.15) is 31.1 Å². The standard InChI is InChI=1S/C14H20FN3O2/c1-14(2,3)17-12(19)8-18(4)13(20)9-5-6-11(16)10(15)7-9/h5-7H,8,16H2,1-4H3,(H,17,19). The second kappa shape index (κ2) is 5.90. The van der Waals surface area contributed by atoms with Gasteiger partial charge in [0.25, 0.3) is 5.91 Å². The van der Waals surface area contributed by atoms with Crippen molar-refractivity contribution in [3.63, 3.8) is 0 Å². The van der Waals surface area contributed by atoms with Crippen LogP contribution in [0.4, 0.5) is 10.1 Å². The predicted octanol–water partition coefficient (Wildman–Crippen LogP) is 1.39. The second-order valence-electron chi connectivity index (χ2n) is 5.70. The smallest absolute Gasteiger partial charge is 0.254 e. The summed E-state index contributed by atoms with van der Waals surface area (Å²) in [7, 11) is 1.48. The van der Waals surface area contributed by atoms with E-state index < -0.39 is 11.7 Å². The molecule has 110 valence electrons. The van der Waals surface area contributed by atoms with Gasteiger partial charge in [-0.1, -0.05) is 0 Å². The number of amides is 2. The summed E-state index contributed by atoms with van der Waals surface area (Å²) in [5.41, 5.74) is 5.12. The Labute approximate surface area is 117 Å². The molecule has 0 fully saturated rings. The lowest BCUT2D eigenvalue weighted by Crippen LogP contribution is -2.46. The zero-order valence-electron chi connectivity index (χ0n) is 12.2. The quantitative estimate of drug-likeness (QED) is 0.822. The molecular formula is C14H20FN3O2. The summed E-state index contributed by atoms with van der Waals surface area (Å²) in [5.74, 6) is -1.36. The number of hydrogen-bond acceptors (Lipinski definition) is 3. The molecule has 0 saturated heterocycles. The molecule has 2 amide bonds. The molecule has 0 aliphatic rings. The summed E-state index contributed by atoms with van der Waals surface area (Å²) >= 11 is 0. The summed E-state index contributed by atoms with van der Waals surface area (Å²) in [6, 6.07) is 3.82. The van der Waals surface area contributed by atoms with E-state index in [0.29, 0.717) is 0 Å². The van der Waals surface area contributed by atoms with Crippen molar-refractivity contribution >= 4 is 17.5 Å². The van der Waals surface area contributed by atoms with Gasteiger partial charge < -0.3 is 16.0 Å². The highest BCUT2D eigenvalue weighted by atomic mass is 19.1. The molecule has 1 aromatic carbocycles. The van der Waals surface area contributed by atoms with Crippen molar-refractivity contribution in [2.24, 2.45) is 0 Å². The summed E-state index contributed by atoms with van der Waals surface area (Å²) < 4.78 is 13.3. The number of benzene rings is 1. The Bertz CT molecular complexity index is 524. The lowest BCUT2D eigenvalue weighted by molar-refractivity contribution is -0.122. The van der Waals surface area contributed by atoms with Gasteiger partial charge in [-0.05, 0) is 39.0 Å². The number of carbonyl (C=O) groups excluding carboxylic acids is 2. The number of halogens is 1. The Hall–Kier alpha value is -2.11. The lowest BCUT2D eigenvalue weighted by Gasteiger charge is -2.23. The molecule has 20 heavy (non-hydrogen) atoms. The Morgan fingerprint density at radius 2 is 1.95 bits per heavy atom. The molecule has 1 rings (SSSR count). The first kappa shape index (κ1) is 15.9. The maximum atomic E-state index is 13.3. The summed E-state index contributed by atoms with van der Waals surface area (Å²) in [5, 5.41) is 2.75. The van der Waals surface area contributed by atoms with Crippen LogP contribution in [0.3, 0.4) is 0 Å². The minimum atomic E-state index is -0.650. The van der Waals surface area contributed by atoms with E-state index in [1.807, 2.05) is 20.8 Å². The van der Waals surface area contributed by atoms with Gasteiger partial charge in [-0.25, -0.2) is 4.39 Å². The van der Waals surface area contributed by atoms with Crippen molar-refractivity contribution in [3.05, 3.63) is 29.6 Å². The van der Waals surface area contributed by atoms with Crippen molar-refractivity contribution in [2.75, 3.05) is 19.3 Å². The summed E-state index contributed by atoms with van der Waals surface area (Å²) in [6.45, 7) is 5.45. The van der Waals surface area contributed by atoms with Gasteiger partial charge in [0, 0.05) is 18.2 Å². The van der Waals surface area contributed by atoms with Gasteiger partial charge >= 0.3 is 0 Å². The third-order valence-electron chi connectivity index (χ3n) is 2.49. The molecule has 0 aliphatic carbocycles. The van der Waals surface area contributed by atoms with E-state index in [0.717, 1.165) is 6.07 Å². The normalized spacial score (nSPS) is 11.1. The lowest BCUT2D eigenvalue weighted by atomic mass is 10.1. The molecular weight excluding hydrogens is 261 g/mol. The van der Waals surface area contributed by atoms with Crippen molar-refractivity contribution in [1.29, 1.82) is 0 Å². The number of carbonyl (C=O) groups is 2. The van der Waals surface area contributed by atoms with Gasteiger partial charge in [0.15, 0.2) is 0 Å². The molecule has 0 unspecified atom stereocenters. The molecule has 1 aromatic rings. The summed E-state index contributed by atoms with van der Waals surface area (Å²) in [4.78, 5) is 25.0. The highest BCUT2D eigenvalue weighted by molar-refractivity contribution is 5.96. The third kappa shape index (κ3) is 4.53. The van der Waals surface area contributed by atoms with Crippen LogP contribution in [0.5, 0.6) is 0 Å². The van der Waals surface area contributed by atoms with Gasteiger partial charge in [-0.2, -0.15) is 0 Å². The molecule has 0 saturated carbocycles. The molecule has 0 spiro atoms. The van der Waals surface area contributed by atoms with Gasteiger partial charge in [0.05, 0.1) is 12.2 Å². The molecule has 0 bridgehead atoms. The van der Waals surface area contributed by atoms with Crippen LogP contribution in [0.25, 0.3) is 0 Å². The SMILES string of the molecule is CN(CC(=O)NC(C)(C)C)C(=O)c1ccc(N)c(F)c1. The molecule has 6 heteroatoms. The first-order valence-electron chi connectivity index (χ1n) is 6.21.